The Morgan fingerprint density at radius 1 is 0.536 bits per heavy atom. The van der Waals surface area contributed by atoms with Crippen molar-refractivity contribution in [1.82, 2.24) is 15.0 Å². The van der Waals surface area contributed by atoms with E-state index >= 15 is 0 Å². The van der Waals surface area contributed by atoms with Gasteiger partial charge in [0.2, 0.25) is 0 Å². The Kier molecular flexibility index (Phi) is 10.6. The van der Waals surface area contributed by atoms with Gasteiger partial charge in [-0.2, -0.15) is 74.6 Å². The first-order valence-electron chi connectivity index (χ1n) is 16.0. The molecule has 1 heterocycles. The minimum atomic E-state index is -8.71. The average molecular weight is 832 g/mol. The topological polar surface area (TPSA) is 50.9 Å². The van der Waals surface area contributed by atoms with Crippen molar-refractivity contribution in [3.63, 3.8) is 0 Å². The number of fused-ring (bicyclic) bond motifs is 1. The predicted molar refractivity (Wildman–Crippen MR) is 167 cm³/mol. The molecule has 0 bridgehead atoms. The van der Waals surface area contributed by atoms with Crippen LogP contribution in [0.3, 0.4) is 0 Å². The van der Waals surface area contributed by atoms with Crippen LogP contribution in [0.25, 0.3) is 16.7 Å². The zero-order valence-corrected chi connectivity index (χ0v) is 29.4. The number of hydrogen-bond donors (Lipinski definition) is 1. The van der Waals surface area contributed by atoms with Crippen LogP contribution >= 0.6 is 0 Å². The van der Waals surface area contributed by atoms with Gasteiger partial charge in [0, 0.05) is 17.5 Å². The Balaban J connectivity index is 1.75. The number of alkyl halides is 17. The van der Waals surface area contributed by atoms with E-state index in [9.17, 15) is 79.7 Å². The molecule has 3 aromatic carbocycles. The first-order chi connectivity index (χ1) is 25.0. The summed E-state index contributed by atoms with van der Waals surface area (Å²) in [4.78, 5) is 1.10. The Hall–Kier alpha value is -4.33. The summed E-state index contributed by atoms with van der Waals surface area (Å²) in [6.45, 7) is 9.57. The SMILES string of the molecule is CC(C)(C)CC(C)(C)c1cc(Cc2ccc(C(F)(F)C(F)(F)C(F)(F)C(F)(F)C(F)(F)C(F)(F)C(F)(F)C(F)(F)F)cc2)c(O)c(-n2nc3ccccc3n2)c1. The minimum absolute atomic E-state index is 0.0250. The summed E-state index contributed by atoms with van der Waals surface area (Å²) in [6, 6.07) is 10.6. The summed E-state index contributed by atoms with van der Waals surface area (Å²) >= 11 is 0. The second-order valence-corrected chi connectivity index (χ2v) is 15.0. The molecule has 0 fully saturated rings. The molecule has 0 aliphatic carbocycles. The van der Waals surface area contributed by atoms with Crippen LogP contribution in [-0.4, -0.2) is 61.8 Å². The van der Waals surface area contributed by atoms with Crippen LogP contribution in [0.15, 0.2) is 60.7 Å². The lowest BCUT2D eigenvalue weighted by molar-refractivity contribution is -0.462. The summed E-state index contributed by atoms with van der Waals surface area (Å²) in [5.41, 5.74) is -1.90. The average Bonchev–Trinajstić information content (AvgIpc) is 3.48. The normalized spacial score (nSPS) is 14.8. The van der Waals surface area contributed by atoms with E-state index in [0.29, 0.717) is 35.2 Å². The molecule has 1 aromatic heterocycles. The fourth-order valence-electron chi connectivity index (χ4n) is 6.15. The van der Waals surface area contributed by atoms with E-state index in [4.69, 9.17) is 0 Å². The molecule has 4 nitrogen and oxygen atoms in total. The third-order valence-corrected chi connectivity index (χ3v) is 8.86. The molecule has 0 radical (unpaired) electrons. The summed E-state index contributed by atoms with van der Waals surface area (Å²) in [7, 11) is 0. The molecule has 0 amide bonds. The van der Waals surface area contributed by atoms with Crippen molar-refractivity contribution in [2.75, 3.05) is 0 Å². The largest absolute Gasteiger partial charge is 0.505 e. The molecule has 0 saturated carbocycles. The van der Waals surface area contributed by atoms with E-state index < -0.39 is 70.8 Å². The molecular formula is C35H30F17N3O. The van der Waals surface area contributed by atoms with Crippen molar-refractivity contribution in [1.29, 1.82) is 0 Å². The highest BCUT2D eigenvalue weighted by atomic mass is 19.4. The van der Waals surface area contributed by atoms with Crippen molar-refractivity contribution in [3.05, 3.63) is 82.9 Å². The summed E-state index contributed by atoms with van der Waals surface area (Å²) in [5, 5.41) is 20.0. The molecule has 0 aliphatic rings. The zero-order chi connectivity index (χ0) is 43.1. The van der Waals surface area contributed by atoms with Crippen LogP contribution < -0.4 is 0 Å². The maximum Gasteiger partial charge on any atom is 0.460 e. The van der Waals surface area contributed by atoms with Gasteiger partial charge in [-0.25, -0.2) is 0 Å². The molecule has 56 heavy (non-hydrogen) atoms. The van der Waals surface area contributed by atoms with Gasteiger partial charge in [0.25, 0.3) is 0 Å². The molecule has 4 rings (SSSR count). The Labute approximate surface area is 306 Å². The number of nitrogens with zero attached hydrogens (tertiary/aromatic N) is 3. The first-order valence-corrected chi connectivity index (χ1v) is 16.0. The van der Waals surface area contributed by atoms with Gasteiger partial charge in [0.05, 0.1) is 0 Å². The number of aromatic hydroxyl groups is 1. The fourth-order valence-corrected chi connectivity index (χ4v) is 6.15. The van der Waals surface area contributed by atoms with E-state index in [2.05, 4.69) is 10.2 Å². The van der Waals surface area contributed by atoms with Gasteiger partial charge in [-0.1, -0.05) is 77.1 Å². The first kappa shape index (κ1) is 44.4. The number of halogens is 17. The van der Waals surface area contributed by atoms with E-state index in [0.717, 1.165) is 4.80 Å². The molecule has 0 saturated heterocycles. The molecule has 310 valence electrons. The maximum absolute atomic E-state index is 15.0. The summed E-state index contributed by atoms with van der Waals surface area (Å²) in [6.07, 6.45) is -7.72. The quantitative estimate of drug-likeness (QED) is 0.145. The van der Waals surface area contributed by atoms with E-state index in [1.54, 1.807) is 30.3 Å². The number of rotatable bonds is 12. The molecule has 21 heteroatoms. The minimum Gasteiger partial charge on any atom is -0.505 e. The number of benzene rings is 3. The number of phenolic OH excluding ortho intramolecular Hbond substituents is 1. The lowest BCUT2D eigenvalue weighted by atomic mass is 9.72. The van der Waals surface area contributed by atoms with Crippen molar-refractivity contribution in [3.8, 4) is 11.4 Å². The third-order valence-electron chi connectivity index (χ3n) is 8.86. The second-order valence-electron chi connectivity index (χ2n) is 15.0. The van der Waals surface area contributed by atoms with Crippen molar-refractivity contribution < 1.29 is 79.7 Å². The van der Waals surface area contributed by atoms with Crippen molar-refractivity contribution in [2.24, 2.45) is 5.41 Å². The van der Waals surface area contributed by atoms with Gasteiger partial charge >= 0.3 is 47.6 Å². The van der Waals surface area contributed by atoms with Gasteiger partial charge < -0.3 is 5.11 Å². The Morgan fingerprint density at radius 3 is 1.39 bits per heavy atom. The van der Waals surface area contributed by atoms with Crippen LogP contribution in [0, 0.1) is 5.41 Å². The van der Waals surface area contributed by atoms with Crippen molar-refractivity contribution in [2.45, 2.75) is 101 Å². The number of aromatic nitrogens is 3. The molecule has 0 aliphatic heterocycles. The Bertz CT molecular complexity index is 2030. The molecule has 4 aromatic rings. The van der Waals surface area contributed by atoms with E-state index in [1.807, 2.05) is 34.6 Å². The molecular weight excluding hydrogens is 801 g/mol. The highest BCUT2D eigenvalue weighted by Crippen LogP contribution is 2.65. The lowest BCUT2D eigenvalue weighted by Crippen LogP contribution is -2.74. The van der Waals surface area contributed by atoms with Crippen LogP contribution in [0.5, 0.6) is 5.75 Å². The highest BCUT2D eigenvalue weighted by Gasteiger charge is 2.95. The molecule has 0 unspecified atom stereocenters. The standard InChI is InChI=1S/C35H30F17N3O/c1-26(2,3)17-27(4,5)21-15-19(25(56)24(16-21)55-53-22-8-6-7-9-23(22)54-55)14-18-10-12-20(13-11-18)28(36,37)29(38,39)30(40,41)31(42,43)32(44,45)33(46,47)34(48,49)35(50,51)52/h6-13,15-16,56H,14,17H2,1-5H3. The smallest absolute Gasteiger partial charge is 0.460 e. The van der Waals surface area contributed by atoms with Gasteiger partial charge in [-0.05, 0) is 46.6 Å². The number of hydrogen-bond acceptors (Lipinski definition) is 3. The summed E-state index contributed by atoms with van der Waals surface area (Å²) in [5.74, 6) is -57.6. The van der Waals surface area contributed by atoms with E-state index in [1.165, 1.54) is 6.07 Å². The van der Waals surface area contributed by atoms with Crippen molar-refractivity contribution >= 4 is 11.0 Å². The Morgan fingerprint density at radius 2 is 0.964 bits per heavy atom. The monoisotopic (exact) mass is 831 g/mol. The maximum atomic E-state index is 15.0. The van der Waals surface area contributed by atoms with Crippen LogP contribution in [0.4, 0.5) is 74.6 Å². The third kappa shape index (κ3) is 7.00. The van der Waals surface area contributed by atoms with Crippen LogP contribution in [0.1, 0.15) is 63.3 Å². The van der Waals surface area contributed by atoms with Gasteiger partial charge in [-0.3, -0.25) is 0 Å². The van der Waals surface area contributed by atoms with Gasteiger partial charge in [0.15, 0.2) is 0 Å². The summed E-state index contributed by atoms with van der Waals surface area (Å²) < 4.78 is 235. The highest BCUT2D eigenvalue weighted by molar-refractivity contribution is 5.74. The molecule has 0 atom stereocenters. The molecule has 0 spiro atoms. The predicted octanol–water partition coefficient (Wildman–Crippen LogP) is 11.9. The lowest BCUT2D eigenvalue weighted by Gasteiger charge is -2.42. The number of phenols is 1. The fraction of sp³-hybridized carbons (Fsp3) is 0.486. The van der Waals surface area contributed by atoms with Gasteiger partial charge in [0.1, 0.15) is 22.5 Å². The van der Waals surface area contributed by atoms with Gasteiger partial charge in [-0.15, -0.1) is 15.0 Å². The van der Waals surface area contributed by atoms with E-state index in [-0.39, 0.29) is 34.4 Å². The molecule has 1 N–H and O–H groups in total. The van der Waals surface area contributed by atoms with Crippen LogP contribution in [0.2, 0.25) is 0 Å². The second kappa shape index (κ2) is 13.4. The zero-order valence-electron chi connectivity index (χ0n) is 29.4. The van der Waals surface area contributed by atoms with Crippen LogP contribution in [-0.2, 0) is 17.8 Å².